The lowest BCUT2D eigenvalue weighted by molar-refractivity contribution is 0.169. The highest BCUT2D eigenvalue weighted by Crippen LogP contribution is 2.33. The van der Waals surface area contributed by atoms with Crippen LogP contribution in [0.25, 0.3) is 11.3 Å². The van der Waals surface area contributed by atoms with E-state index < -0.39 is 11.6 Å². The first-order chi connectivity index (χ1) is 12.2. The lowest BCUT2D eigenvalue weighted by Crippen LogP contribution is -2.18. The Bertz CT molecular complexity index is 885. The molecule has 1 unspecified atom stereocenters. The van der Waals surface area contributed by atoms with Crippen molar-refractivity contribution in [3.05, 3.63) is 65.7 Å². The largest absolute Gasteiger partial charge is 0.467 e. The van der Waals surface area contributed by atoms with Gasteiger partial charge in [-0.25, -0.2) is 13.8 Å². The Balaban J connectivity index is 1.69. The van der Waals surface area contributed by atoms with Gasteiger partial charge in [-0.15, -0.1) is 5.10 Å². The van der Waals surface area contributed by atoms with E-state index in [1.807, 2.05) is 0 Å². The first-order valence-electron chi connectivity index (χ1n) is 7.96. The topological polar surface area (TPSA) is 60.8 Å². The normalized spacial score (nSPS) is 16.3. The molecule has 0 spiro atoms. The number of rotatable bonds is 3. The molecule has 0 saturated heterocycles. The number of fused-ring (bicyclic) bond motifs is 1. The highest BCUT2D eigenvalue weighted by molar-refractivity contribution is 5.61. The predicted octanol–water partition coefficient (Wildman–Crippen LogP) is 3.67. The first-order valence-corrected chi connectivity index (χ1v) is 7.96. The van der Waals surface area contributed by atoms with Crippen LogP contribution >= 0.6 is 0 Å². The van der Waals surface area contributed by atoms with Crippen LogP contribution in [-0.4, -0.2) is 20.2 Å². The number of hydrogen-bond acceptors (Lipinski definition) is 5. The van der Waals surface area contributed by atoms with Gasteiger partial charge in [0.2, 0.25) is 5.88 Å². The maximum absolute atomic E-state index is 14.0. The monoisotopic (exact) mass is 340 g/mol. The number of aryl methyl sites for hydroxylation is 1. The third-order valence-corrected chi connectivity index (χ3v) is 4.14. The van der Waals surface area contributed by atoms with E-state index in [0.29, 0.717) is 11.6 Å². The van der Waals surface area contributed by atoms with Gasteiger partial charge in [-0.2, -0.15) is 5.10 Å². The molecule has 3 aromatic rings. The second-order valence-corrected chi connectivity index (χ2v) is 5.78. The van der Waals surface area contributed by atoms with Crippen molar-refractivity contribution in [2.75, 3.05) is 0 Å². The number of nitrogens with zero attached hydrogens (tertiary/aromatic N) is 4. The van der Waals surface area contributed by atoms with Crippen molar-refractivity contribution in [3.8, 4) is 17.1 Å². The molecule has 0 saturated carbocycles. The zero-order valence-corrected chi connectivity index (χ0v) is 13.2. The minimum absolute atomic E-state index is 0.158. The van der Waals surface area contributed by atoms with Gasteiger partial charge in [0.1, 0.15) is 23.4 Å². The van der Waals surface area contributed by atoms with Gasteiger partial charge in [-0.3, -0.25) is 4.98 Å². The lowest BCUT2D eigenvalue weighted by atomic mass is 9.93. The second-order valence-electron chi connectivity index (χ2n) is 5.78. The number of halogens is 2. The number of aromatic nitrogens is 4. The molecule has 0 N–H and O–H groups in total. The quantitative estimate of drug-likeness (QED) is 0.728. The third-order valence-electron chi connectivity index (χ3n) is 4.14. The van der Waals surface area contributed by atoms with Crippen LogP contribution in [0.3, 0.4) is 0 Å². The molecular weight excluding hydrogens is 326 g/mol. The van der Waals surface area contributed by atoms with E-state index in [4.69, 9.17) is 4.74 Å². The highest BCUT2D eigenvalue weighted by Gasteiger charge is 2.26. The van der Waals surface area contributed by atoms with Gasteiger partial charge < -0.3 is 4.74 Å². The lowest BCUT2D eigenvalue weighted by Gasteiger charge is -2.24. The van der Waals surface area contributed by atoms with Crippen LogP contribution in [0.1, 0.15) is 30.2 Å². The molecule has 2 aromatic heterocycles. The summed E-state index contributed by atoms with van der Waals surface area (Å²) in [6, 6.07) is 5.43. The summed E-state index contributed by atoms with van der Waals surface area (Å²) >= 11 is 0. The van der Waals surface area contributed by atoms with Crippen molar-refractivity contribution >= 4 is 0 Å². The minimum atomic E-state index is -0.655. The van der Waals surface area contributed by atoms with E-state index in [0.717, 1.165) is 24.8 Å². The minimum Gasteiger partial charge on any atom is -0.467 e. The van der Waals surface area contributed by atoms with Gasteiger partial charge in [0.05, 0.1) is 17.5 Å². The predicted molar refractivity (Wildman–Crippen MR) is 85.7 cm³/mol. The van der Waals surface area contributed by atoms with Crippen LogP contribution in [0.15, 0.2) is 42.9 Å². The molecule has 0 bridgehead atoms. The van der Waals surface area contributed by atoms with Gasteiger partial charge in [-0.1, -0.05) is 6.07 Å². The molecule has 1 atom stereocenters. The average molecular weight is 340 g/mol. The zero-order valence-electron chi connectivity index (χ0n) is 13.2. The van der Waals surface area contributed by atoms with Gasteiger partial charge in [0.25, 0.3) is 0 Å². The molecule has 0 fully saturated rings. The van der Waals surface area contributed by atoms with Crippen molar-refractivity contribution in [1.29, 1.82) is 0 Å². The van der Waals surface area contributed by atoms with Gasteiger partial charge in [-0.05, 0) is 43.0 Å². The summed E-state index contributed by atoms with van der Waals surface area (Å²) in [7, 11) is 0. The molecule has 126 valence electrons. The molecule has 0 radical (unpaired) electrons. The van der Waals surface area contributed by atoms with Gasteiger partial charge >= 0.3 is 0 Å². The van der Waals surface area contributed by atoms with Crippen LogP contribution in [0.5, 0.6) is 5.88 Å². The molecule has 4 rings (SSSR count). The smallest absolute Gasteiger partial charge is 0.232 e. The van der Waals surface area contributed by atoms with E-state index in [1.54, 1.807) is 18.5 Å². The molecule has 0 amide bonds. The Morgan fingerprint density at radius 2 is 1.92 bits per heavy atom. The van der Waals surface area contributed by atoms with Crippen molar-refractivity contribution in [2.45, 2.75) is 25.4 Å². The van der Waals surface area contributed by atoms with Gasteiger partial charge in [0, 0.05) is 12.4 Å². The van der Waals surface area contributed by atoms with Gasteiger partial charge in [0.15, 0.2) is 0 Å². The standard InChI is InChI=1S/C18H14F2N4O/c19-12-4-2-5-13(20)17(12)14-9-11-3-1-6-15(18(11)24-23-14)25-16-10-21-7-8-22-16/h2,4-5,7-10,15H,1,3,6H2. The van der Waals surface area contributed by atoms with Crippen LogP contribution < -0.4 is 4.74 Å². The Kier molecular flexibility index (Phi) is 4.05. The zero-order chi connectivity index (χ0) is 17.2. The number of ether oxygens (including phenoxy) is 1. The molecule has 1 aromatic carbocycles. The fourth-order valence-electron chi connectivity index (χ4n) is 3.00. The fourth-order valence-corrected chi connectivity index (χ4v) is 3.00. The Morgan fingerprint density at radius 3 is 2.68 bits per heavy atom. The van der Waals surface area contributed by atoms with E-state index in [-0.39, 0.29) is 17.4 Å². The molecule has 1 aliphatic carbocycles. The molecule has 1 aliphatic rings. The molecule has 5 nitrogen and oxygen atoms in total. The SMILES string of the molecule is Fc1cccc(F)c1-c1cc2c(nn1)C(Oc1cnccn1)CCC2. The molecular formula is C18H14F2N4O. The molecule has 25 heavy (non-hydrogen) atoms. The molecule has 2 heterocycles. The number of hydrogen-bond donors (Lipinski definition) is 0. The van der Waals surface area contributed by atoms with E-state index in [2.05, 4.69) is 20.2 Å². The Morgan fingerprint density at radius 1 is 1.08 bits per heavy atom. The number of benzene rings is 1. The summed E-state index contributed by atoms with van der Waals surface area (Å²) in [6.07, 6.45) is 6.76. The van der Waals surface area contributed by atoms with E-state index >= 15 is 0 Å². The van der Waals surface area contributed by atoms with E-state index in [9.17, 15) is 8.78 Å². The van der Waals surface area contributed by atoms with Crippen LogP contribution in [-0.2, 0) is 6.42 Å². The van der Waals surface area contributed by atoms with Crippen molar-refractivity contribution in [1.82, 2.24) is 20.2 Å². The summed E-state index contributed by atoms with van der Waals surface area (Å²) in [5.41, 5.74) is 1.59. The van der Waals surface area contributed by atoms with Crippen molar-refractivity contribution in [2.24, 2.45) is 0 Å². The summed E-state index contributed by atoms with van der Waals surface area (Å²) in [4.78, 5) is 8.07. The maximum Gasteiger partial charge on any atom is 0.232 e. The molecule has 0 aliphatic heterocycles. The van der Waals surface area contributed by atoms with Crippen molar-refractivity contribution < 1.29 is 13.5 Å². The maximum atomic E-state index is 14.0. The Hall–Kier alpha value is -2.96. The van der Waals surface area contributed by atoms with E-state index in [1.165, 1.54) is 24.4 Å². The van der Waals surface area contributed by atoms with Crippen molar-refractivity contribution in [3.63, 3.8) is 0 Å². The van der Waals surface area contributed by atoms with Crippen LogP contribution in [0, 0.1) is 11.6 Å². The second kappa shape index (κ2) is 6.51. The summed E-state index contributed by atoms with van der Waals surface area (Å²) in [5, 5.41) is 8.23. The summed E-state index contributed by atoms with van der Waals surface area (Å²) < 4.78 is 33.8. The fraction of sp³-hybridized carbons (Fsp3) is 0.222. The average Bonchev–Trinajstić information content (AvgIpc) is 2.62. The highest BCUT2D eigenvalue weighted by atomic mass is 19.1. The Labute approximate surface area is 142 Å². The first kappa shape index (κ1) is 15.6. The molecule has 7 heteroatoms. The van der Waals surface area contributed by atoms with Crippen LogP contribution in [0.4, 0.5) is 8.78 Å². The van der Waals surface area contributed by atoms with Crippen LogP contribution in [0.2, 0.25) is 0 Å². The summed E-state index contributed by atoms with van der Waals surface area (Å²) in [5.74, 6) is -0.902. The third kappa shape index (κ3) is 3.05. The summed E-state index contributed by atoms with van der Waals surface area (Å²) in [6.45, 7) is 0.